The van der Waals surface area contributed by atoms with Gasteiger partial charge in [0.25, 0.3) is 5.91 Å². The van der Waals surface area contributed by atoms with Gasteiger partial charge in [0.2, 0.25) is 12.0 Å². The third-order valence-electron chi connectivity index (χ3n) is 1.50. The molecule has 70 valence electrons. The lowest BCUT2D eigenvalue weighted by Crippen LogP contribution is -2.51. The van der Waals surface area contributed by atoms with Gasteiger partial charge in [-0.1, -0.05) is 0 Å². The molecule has 1 aliphatic heterocycles. The maximum Gasteiger partial charge on any atom is 0.263 e. The van der Waals surface area contributed by atoms with E-state index in [0.717, 1.165) is 0 Å². The molecule has 0 fully saturated rings. The molecule has 0 spiro atoms. The van der Waals surface area contributed by atoms with Crippen molar-refractivity contribution in [2.45, 2.75) is 6.04 Å². The monoisotopic (exact) mass is 183 g/mol. The van der Waals surface area contributed by atoms with Gasteiger partial charge < -0.3 is 4.90 Å². The van der Waals surface area contributed by atoms with E-state index >= 15 is 0 Å². The number of carbonyl (C=O) groups excluding carboxylic acids is 1. The molecule has 0 radical (unpaired) electrons. The summed E-state index contributed by atoms with van der Waals surface area (Å²) in [5, 5.41) is 12.1. The molecule has 7 nitrogen and oxygen atoms in total. The Hall–Kier alpha value is -1.79. The van der Waals surface area contributed by atoms with E-state index in [0.29, 0.717) is 0 Å². The molecular weight excluding hydrogens is 174 g/mol. The molecule has 0 aromatic heterocycles. The Bertz CT molecular complexity index is 295. The van der Waals surface area contributed by atoms with Gasteiger partial charge in [0.15, 0.2) is 5.84 Å². The zero-order chi connectivity index (χ0) is 10.0. The van der Waals surface area contributed by atoms with Crippen molar-refractivity contribution in [3.63, 3.8) is 0 Å². The van der Waals surface area contributed by atoms with E-state index < -0.39 is 11.9 Å². The maximum atomic E-state index is 11.1. The Kier molecular flexibility index (Phi) is 2.36. The highest BCUT2D eigenvalue weighted by Gasteiger charge is 2.30. The summed E-state index contributed by atoms with van der Waals surface area (Å²) in [6.45, 7) is 0. The van der Waals surface area contributed by atoms with E-state index in [-0.39, 0.29) is 11.8 Å². The third kappa shape index (κ3) is 1.68. The number of nitroso groups, excluding NO2 is 1. The molecule has 7 heteroatoms. The van der Waals surface area contributed by atoms with Gasteiger partial charge in [-0.05, 0) is 5.18 Å². The first-order valence-corrected chi connectivity index (χ1v) is 3.54. The van der Waals surface area contributed by atoms with Crippen molar-refractivity contribution < 1.29 is 4.79 Å². The number of amidine groups is 1. The second-order valence-electron chi connectivity index (χ2n) is 2.71. The summed E-state index contributed by atoms with van der Waals surface area (Å²) in [7, 11) is 3.34. The fourth-order valence-electron chi connectivity index (χ4n) is 0.816. The van der Waals surface area contributed by atoms with Gasteiger partial charge in [-0.2, -0.15) is 4.99 Å². The van der Waals surface area contributed by atoms with Crippen LogP contribution < -0.4 is 5.32 Å². The molecule has 1 unspecified atom stereocenters. The van der Waals surface area contributed by atoms with Crippen LogP contribution in [0, 0.1) is 10.3 Å². The molecule has 1 heterocycles. The lowest BCUT2D eigenvalue weighted by Gasteiger charge is -2.21. The molecule has 1 atom stereocenters. The number of rotatable bonds is 1. The van der Waals surface area contributed by atoms with Crippen LogP contribution in [0.4, 0.5) is 0 Å². The van der Waals surface area contributed by atoms with E-state index in [4.69, 9.17) is 5.41 Å². The van der Waals surface area contributed by atoms with Crippen molar-refractivity contribution in [2.75, 3.05) is 14.1 Å². The standard InChI is InChI=1S/C6H9N5O2/c1-11(2)6-8-4(7)3(10-13)5(12)9-6/h3H,1-2H3,(H2,7,8,9,12). The van der Waals surface area contributed by atoms with Crippen molar-refractivity contribution in [3.05, 3.63) is 4.91 Å². The van der Waals surface area contributed by atoms with Crippen LogP contribution in [-0.4, -0.2) is 42.7 Å². The second kappa shape index (κ2) is 3.30. The van der Waals surface area contributed by atoms with E-state index in [1.54, 1.807) is 14.1 Å². The van der Waals surface area contributed by atoms with E-state index in [9.17, 15) is 9.70 Å². The summed E-state index contributed by atoms with van der Waals surface area (Å²) in [6.07, 6.45) is 0. The predicted molar refractivity (Wildman–Crippen MR) is 46.6 cm³/mol. The van der Waals surface area contributed by atoms with Crippen molar-refractivity contribution in [1.82, 2.24) is 10.2 Å². The molecule has 2 N–H and O–H groups in total. The number of nitrogens with zero attached hydrogens (tertiary/aromatic N) is 3. The molecule has 0 bridgehead atoms. The van der Waals surface area contributed by atoms with E-state index in [1.807, 2.05) is 0 Å². The van der Waals surface area contributed by atoms with Gasteiger partial charge in [-0.15, -0.1) is 4.91 Å². The average Bonchev–Trinajstić information content (AvgIpc) is 2.03. The number of hydrogen-bond donors (Lipinski definition) is 2. The molecule has 13 heavy (non-hydrogen) atoms. The minimum Gasteiger partial charge on any atom is -0.348 e. The summed E-state index contributed by atoms with van der Waals surface area (Å²) < 4.78 is 0. The quantitative estimate of drug-likeness (QED) is 0.518. The van der Waals surface area contributed by atoms with E-state index in [1.165, 1.54) is 4.90 Å². The summed E-state index contributed by atoms with van der Waals surface area (Å²) >= 11 is 0. The minimum atomic E-state index is -1.32. The van der Waals surface area contributed by atoms with Gasteiger partial charge in [0, 0.05) is 14.1 Å². The number of carbonyl (C=O) groups is 1. The Morgan fingerprint density at radius 2 is 2.23 bits per heavy atom. The number of amides is 1. The largest absolute Gasteiger partial charge is 0.348 e. The third-order valence-corrected chi connectivity index (χ3v) is 1.50. The van der Waals surface area contributed by atoms with Gasteiger partial charge in [-0.25, -0.2) is 0 Å². The Morgan fingerprint density at radius 1 is 1.62 bits per heavy atom. The highest BCUT2D eigenvalue weighted by molar-refractivity contribution is 6.18. The van der Waals surface area contributed by atoms with Gasteiger partial charge in [0.1, 0.15) is 0 Å². The molecule has 0 aromatic carbocycles. The molecule has 0 saturated heterocycles. The van der Waals surface area contributed by atoms with Crippen LogP contribution in [0.2, 0.25) is 0 Å². The zero-order valence-electron chi connectivity index (χ0n) is 7.24. The molecule has 1 amide bonds. The minimum absolute atomic E-state index is 0.245. The normalized spacial score (nSPS) is 22.0. The molecule has 0 saturated carbocycles. The SMILES string of the molecule is CN(C)C1=NC(=N)C(N=O)C(=O)N1. The van der Waals surface area contributed by atoms with Crippen LogP contribution in [0.25, 0.3) is 0 Å². The van der Waals surface area contributed by atoms with Crippen LogP contribution in [0.5, 0.6) is 0 Å². The van der Waals surface area contributed by atoms with Gasteiger partial charge in [0.05, 0.1) is 0 Å². The van der Waals surface area contributed by atoms with Crippen LogP contribution in [-0.2, 0) is 4.79 Å². The van der Waals surface area contributed by atoms with Crippen LogP contribution in [0.15, 0.2) is 10.2 Å². The molecule has 1 rings (SSSR count). The van der Waals surface area contributed by atoms with Crippen molar-refractivity contribution in [2.24, 2.45) is 10.2 Å². The Morgan fingerprint density at radius 3 is 2.62 bits per heavy atom. The lowest BCUT2D eigenvalue weighted by molar-refractivity contribution is -0.119. The van der Waals surface area contributed by atoms with Crippen LogP contribution in [0.1, 0.15) is 0 Å². The van der Waals surface area contributed by atoms with E-state index in [2.05, 4.69) is 15.5 Å². The Balaban J connectivity index is 2.94. The zero-order valence-corrected chi connectivity index (χ0v) is 7.24. The first-order valence-electron chi connectivity index (χ1n) is 3.54. The van der Waals surface area contributed by atoms with Crippen molar-refractivity contribution >= 4 is 17.7 Å². The highest BCUT2D eigenvalue weighted by atomic mass is 16.3. The number of nitrogens with one attached hydrogen (secondary N) is 2. The number of hydrogen-bond acceptors (Lipinski definition) is 5. The topological polar surface area (TPSA) is 98.0 Å². The molecule has 0 aromatic rings. The predicted octanol–water partition coefficient (Wildman–Crippen LogP) is -0.854. The fourth-order valence-corrected chi connectivity index (χ4v) is 0.816. The number of aliphatic imine (C=N–C) groups is 1. The molecule has 0 aliphatic carbocycles. The van der Waals surface area contributed by atoms with Gasteiger partial charge in [-0.3, -0.25) is 15.5 Å². The first kappa shape index (κ1) is 9.30. The summed E-state index contributed by atoms with van der Waals surface area (Å²) in [5.74, 6) is -0.698. The van der Waals surface area contributed by atoms with Crippen LogP contribution >= 0.6 is 0 Å². The first-order chi connectivity index (χ1) is 6.06. The summed E-state index contributed by atoms with van der Waals surface area (Å²) in [4.78, 5) is 26.4. The van der Waals surface area contributed by atoms with Gasteiger partial charge >= 0.3 is 0 Å². The van der Waals surface area contributed by atoms with Crippen LogP contribution in [0.3, 0.4) is 0 Å². The number of guanidine groups is 1. The summed E-state index contributed by atoms with van der Waals surface area (Å²) in [6, 6.07) is -1.32. The Labute approximate surface area is 74.3 Å². The molecule has 1 aliphatic rings. The lowest BCUT2D eigenvalue weighted by atomic mass is 10.2. The smallest absolute Gasteiger partial charge is 0.263 e. The van der Waals surface area contributed by atoms with Crippen molar-refractivity contribution in [1.29, 1.82) is 5.41 Å². The highest BCUT2D eigenvalue weighted by Crippen LogP contribution is 2.01. The molecular formula is C6H9N5O2. The fraction of sp³-hybridized carbons (Fsp3) is 0.500. The summed E-state index contributed by atoms with van der Waals surface area (Å²) in [5.41, 5.74) is 0. The van der Waals surface area contributed by atoms with Crippen molar-refractivity contribution in [3.8, 4) is 0 Å². The average molecular weight is 183 g/mol. The second-order valence-corrected chi connectivity index (χ2v) is 2.71. The maximum absolute atomic E-state index is 11.1.